The van der Waals surface area contributed by atoms with Gasteiger partial charge >= 0.3 is 11.9 Å². The summed E-state index contributed by atoms with van der Waals surface area (Å²) < 4.78 is 29.6. The van der Waals surface area contributed by atoms with E-state index >= 15 is 0 Å². The molecule has 1 unspecified atom stereocenters. The molecule has 2 aromatic carbocycles. The first kappa shape index (κ1) is 27.3. The third kappa shape index (κ3) is 6.91. The molecule has 0 fully saturated rings. The van der Waals surface area contributed by atoms with Crippen LogP contribution in [-0.4, -0.2) is 42.1 Å². The molecule has 0 bridgehead atoms. The summed E-state index contributed by atoms with van der Waals surface area (Å²) >= 11 is 0. The van der Waals surface area contributed by atoms with Gasteiger partial charge in [0.1, 0.15) is 18.0 Å². The molecular formula is C28H29FN2O6. The molecular weight excluding hydrogens is 479 g/mol. The second-order valence-corrected chi connectivity index (χ2v) is 8.56. The summed E-state index contributed by atoms with van der Waals surface area (Å²) in [6, 6.07) is 14.2. The molecule has 0 aliphatic carbocycles. The first-order valence-corrected chi connectivity index (χ1v) is 11.7. The van der Waals surface area contributed by atoms with Gasteiger partial charge in [-0.15, -0.1) is 0 Å². The maximum Gasteiger partial charge on any atom is 0.328 e. The Morgan fingerprint density at radius 2 is 1.54 bits per heavy atom. The van der Waals surface area contributed by atoms with Crippen molar-refractivity contribution in [3.05, 3.63) is 89.0 Å². The number of ether oxygens (including phenoxy) is 3. The SMILES string of the molecule is COc1ccnc(C(=O)N[C@@H](C)C(=O)O[C@@H](C)C(c2ccc(C)cc2)c2ccc(F)cc2)c1OC(C)=O. The Bertz CT molecular complexity index is 1220. The Hall–Kier alpha value is -4.27. The molecule has 0 saturated heterocycles. The van der Waals surface area contributed by atoms with Gasteiger partial charge < -0.3 is 19.5 Å². The van der Waals surface area contributed by atoms with E-state index < -0.39 is 30.0 Å². The van der Waals surface area contributed by atoms with Gasteiger partial charge in [-0.2, -0.15) is 0 Å². The molecule has 8 nitrogen and oxygen atoms in total. The number of rotatable bonds is 9. The van der Waals surface area contributed by atoms with Crippen LogP contribution < -0.4 is 14.8 Å². The van der Waals surface area contributed by atoms with Crippen LogP contribution in [0.15, 0.2) is 60.8 Å². The quantitative estimate of drug-likeness (QED) is 0.429. The van der Waals surface area contributed by atoms with E-state index in [4.69, 9.17) is 14.2 Å². The smallest absolute Gasteiger partial charge is 0.328 e. The van der Waals surface area contributed by atoms with Crippen LogP contribution in [-0.2, 0) is 14.3 Å². The standard InChI is InChI=1S/C28H29FN2O6/c1-16-6-8-20(9-7-16)24(21-10-12-22(29)13-11-21)18(3)36-28(34)17(2)31-27(33)25-26(37-19(4)32)23(35-5)14-15-30-25/h6-15,17-18,24H,1-5H3,(H,31,33)/t17-,18-,24?/m0/s1. The molecule has 1 aromatic heterocycles. The van der Waals surface area contributed by atoms with Gasteiger partial charge in [0.25, 0.3) is 5.91 Å². The Morgan fingerprint density at radius 1 is 0.946 bits per heavy atom. The van der Waals surface area contributed by atoms with Crippen molar-refractivity contribution in [2.24, 2.45) is 0 Å². The number of aromatic nitrogens is 1. The minimum Gasteiger partial charge on any atom is -0.493 e. The number of methoxy groups -OCH3 is 1. The Labute approximate surface area is 214 Å². The summed E-state index contributed by atoms with van der Waals surface area (Å²) in [4.78, 5) is 41.3. The molecule has 194 valence electrons. The van der Waals surface area contributed by atoms with E-state index in [-0.39, 0.29) is 28.9 Å². The number of esters is 2. The summed E-state index contributed by atoms with van der Waals surface area (Å²) in [6.07, 6.45) is 0.673. The van der Waals surface area contributed by atoms with Gasteiger partial charge in [-0.25, -0.2) is 14.2 Å². The van der Waals surface area contributed by atoms with Crippen LogP contribution in [0.4, 0.5) is 4.39 Å². The van der Waals surface area contributed by atoms with Gasteiger partial charge in [-0.05, 0) is 44.0 Å². The van der Waals surface area contributed by atoms with Gasteiger partial charge in [0.15, 0.2) is 11.4 Å². The largest absolute Gasteiger partial charge is 0.493 e. The highest BCUT2D eigenvalue weighted by molar-refractivity contribution is 5.98. The summed E-state index contributed by atoms with van der Waals surface area (Å²) in [5.74, 6) is -2.85. The maximum absolute atomic E-state index is 13.6. The Kier molecular flexibility index (Phi) is 8.95. The van der Waals surface area contributed by atoms with E-state index in [2.05, 4.69) is 10.3 Å². The zero-order valence-electron chi connectivity index (χ0n) is 21.3. The zero-order valence-corrected chi connectivity index (χ0v) is 21.3. The lowest BCUT2D eigenvalue weighted by Gasteiger charge is -2.26. The molecule has 3 aromatic rings. The molecule has 9 heteroatoms. The average molecular weight is 509 g/mol. The number of halogens is 1. The number of benzene rings is 2. The highest BCUT2D eigenvalue weighted by Crippen LogP contribution is 2.31. The fourth-order valence-corrected chi connectivity index (χ4v) is 3.85. The van der Waals surface area contributed by atoms with Crippen molar-refractivity contribution in [1.29, 1.82) is 0 Å². The van der Waals surface area contributed by atoms with Gasteiger partial charge in [-0.3, -0.25) is 9.59 Å². The van der Waals surface area contributed by atoms with Crippen molar-refractivity contribution in [2.45, 2.75) is 45.8 Å². The highest BCUT2D eigenvalue weighted by Gasteiger charge is 2.29. The fraction of sp³-hybridized carbons (Fsp3) is 0.286. The lowest BCUT2D eigenvalue weighted by molar-refractivity contribution is -0.150. The van der Waals surface area contributed by atoms with E-state index in [9.17, 15) is 18.8 Å². The highest BCUT2D eigenvalue weighted by atomic mass is 19.1. The number of carbonyl (C=O) groups is 3. The van der Waals surface area contributed by atoms with E-state index in [1.807, 2.05) is 31.2 Å². The third-order valence-corrected chi connectivity index (χ3v) is 5.69. The monoisotopic (exact) mass is 508 g/mol. The molecule has 3 rings (SSSR count). The van der Waals surface area contributed by atoms with Gasteiger partial charge in [0.2, 0.25) is 5.75 Å². The van der Waals surface area contributed by atoms with Gasteiger partial charge in [0, 0.05) is 25.1 Å². The number of hydrogen-bond donors (Lipinski definition) is 1. The summed E-state index contributed by atoms with van der Waals surface area (Å²) in [5, 5.41) is 2.53. The molecule has 0 spiro atoms. The predicted molar refractivity (Wildman–Crippen MR) is 134 cm³/mol. The molecule has 3 atom stereocenters. The number of carbonyl (C=O) groups excluding carboxylic acids is 3. The van der Waals surface area contributed by atoms with E-state index in [1.165, 1.54) is 45.4 Å². The van der Waals surface area contributed by atoms with Crippen LogP contribution in [0.2, 0.25) is 0 Å². The summed E-state index contributed by atoms with van der Waals surface area (Å²) in [6.45, 7) is 6.36. The summed E-state index contributed by atoms with van der Waals surface area (Å²) in [7, 11) is 1.36. The fourth-order valence-electron chi connectivity index (χ4n) is 3.85. The average Bonchev–Trinajstić information content (AvgIpc) is 2.86. The number of aryl methyl sites for hydroxylation is 1. The Morgan fingerprint density at radius 3 is 2.11 bits per heavy atom. The second kappa shape index (κ2) is 12.1. The summed E-state index contributed by atoms with van der Waals surface area (Å²) in [5.41, 5.74) is 2.52. The minimum absolute atomic E-state index is 0.138. The van der Waals surface area contributed by atoms with Crippen molar-refractivity contribution in [3.63, 3.8) is 0 Å². The van der Waals surface area contributed by atoms with Gasteiger partial charge in [0.05, 0.1) is 7.11 Å². The van der Waals surface area contributed by atoms with Crippen molar-refractivity contribution in [2.75, 3.05) is 7.11 Å². The predicted octanol–water partition coefficient (Wildman–Crippen LogP) is 4.35. The van der Waals surface area contributed by atoms with E-state index in [0.29, 0.717) is 0 Å². The van der Waals surface area contributed by atoms with E-state index in [1.54, 1.807) is 19.1 Å². The first-order chi connectivity index (χ1) is 17.6. The lowest BCUT2D eigenvalue weighted by Crippen LogP contribution is -2.41. The topological polar surface area (TPSA) is 104 Å². The second-order valence-electron chi connectivity index (χ2n) is 8.56. The minimum atomic E-state index is -1.06. The van der Waals surface area contributed by atoms with Gasteiger partial charge in [-0.1, -0.05) is 42.0 Å². The van der Waals surface area contributed by atoms with Crippen molar-refractivity contribution >= 4 is 17.8 Å². The molecule has 37 heavy (non-hydrogen) atoms. The van der Waals surface area contributed by atoms with Crippen molar-refractivity contribution in [1.82, 2.24) is 10.3 Å². The molecule has 0 aliphatic heterocycles. The number of nitrogens with zero attached hydrogens (tertiary/aromatic N) is 1. The van der Waals surface area contributed by atoms with Crippen molar-refractivity contribution < 1.29 is 33.0 Å². The number of hydrogen-bond acceptors (Lipinski definition) is 7. The molecule has 0 radical (unpaired) electrons. The van der Waals surface area contributed by atoms with Crippen LogP contribution in [0, 0.1) is 12.7 Å². The molecule has 1 amide bonds. The molecule has 0 aliphatic rings. The normalized spacial score (nSPS) is 13.1. The zero-order chi connectivity index (χ0) is 27.1. The molecule has 0 saturated carbocycles. The van der Waals surface area contributed by atoms with Crippen LogP contribution in [0.5, 0.6) is 11.5 Å². The third-order valence-electron chi connectivity index (χ3n) is 5.69. The van der Waals surface area contributed by atoms with E-state index in [0.717, 1.165) is 16.7 Å². The molecule has 1 heterocycles. The van der Waals surface area contributed by atoms with Crippen LogP contribution in [0.1, 0.15) is 53.9 Å². The van der Waals surface area contributed by atoms with Crippen molar-refractivity contribution in [3.8, 4) is 11.5 Å². The lowest BCUT2D eigenvalue weighted by atomic mass is 9.87. The number of nitrogens with one attached hydrogen (secondary N) is 1. The number of amides is 1. The van der Waals surface area contributed by atoms with Crippen LogP contribution in [0.25, 0.3) is 0 Å². The van der Waals surface area contributed by atoms with Crippen LogP contribution in [0.3, 0.4) is 0 Å². The number of pyridine rings is 1. The Balaban J connectivity index is 1.78. The first-order valence-electron chi connectivity index (χ1n) is 11.7. The molecule has 1 N–H and O–H groups in total. The van der Waals surface area contributed by atoms with Crippen LogP contribution >= 0.6 is 0 Å². The maximum atomic E-state index is 13.6.